The van der Waals surface area contributed by atoms with E-state index in [1.807, 2.05) is 14.0 Å². The standard InChI is InChI=1S/C11H20ClN5O/c1-4-17(6-5-10(13)15-18)7-9-8(2)14-16(3)11(9)12/h18H,4-7H2,1-3H3,(H2,13,15). The molecule has 1 aromatic heterocycles. The molecule has 1 heterocycles. The molecule has 0 fully saturated rings. The first-order valence-electron chi connectivity index (χ1n) is 5.86. The molecule has 0 spiro atoms. The molecule has 0 saturated heterocycles. The maximum Gasteiger partial charge on any atom is 0.140 e. The average molecular weight is 274 g/mol. The van der Waals surface area contributed by atoms with Crippen molar-refractivity contribution in [2.75, 3.05) is 13.1 Å². The zero-order valence-electron chi connectivity index (χ0n) is 11.0. The summed E-state index contributed by atoms with van der Waals surface area (Å²) < 4.78 is 1.67. The monoisotopic (exact) mass is 273 g/mol. The molecule has 0 aromatic carbocycles. The van der Waals surface area contributed by atoms with Crippen LogP contribution in [0.2, 0.25) is 5.15 Å². The molecule has 3 N–H and O–H groups in total. The molecule has 6 nitrogen and oxygen atoms in total. The highest BCUT2D eigenvalue weighted by molar-refractivity contribution is 6.30. The average Bonchev–Trinajstić information content (AvgIpc) is 2.59. The smallest absolute Gasteiger partial charge is 0.140 e. The Morgan fingerprint density at radius 3 is 2.72 bits per heavy atom. The lowest BCUT2D eigenvalue weighted by Gasteiger charge is -2.19. The van der Waals surface area contributed by atoms with Crippen molar-refractivity contribution >= 4 is 17.4 Å². The third kappa shape index (κ3) is 3.61. The third-order valence-electron chi connectivity index (χ3n) is 2.91. The highest BCUT2D eigenvalue weighted by Gasteiger charge is 2.14. The van der Waals surface area contributed by atoms with Crippen LogP contribution >= 0.6 is 11.6 Å². The lowest BCUT2D eigenvalue weighted by Crippen LogP contribution is -2.28. The van der Waals surface area contributed by atoms with Crippen LogP contribution < -0.4 is 5.73 Å². The summed E-state index contributed by atoms with van der Waals surface area (Å²) in [6.07, 6.45) is 0.529. The Kier molecular flexibility index (Phi) is 5.43. The Labute approximate surface area is 112 Å². The van der Waals surface area contributed by atoms with E-state index in [0.29, 0.717) is 18.1 Å². The zero-order chi connectivity index (χ0) is 13.7. The van der Waals surface area contributed by atoms with E-state index in [2.05, 4.69) is 22.1 Å². The molecule has 0 aliphatic carbocycles. The zero-order valence-corrected chi connectivity index (χ0v) is 11.8. The minimum Gasteiger partial charge on any atom is -0.409 e. The Balaban J connectivity index is 2.68. The minimum atomic E-state index is 0.238. The highest BCUT2D eigenvalue weighted by Crippen LogP contribution is 2.20. The first kappa shape index (κ1) is 14.8. The van der Waals surface area contributed by atoms with Crippen molar-refractivity contribution in [1.29, 1.82) is 0 Å². The summed E-state index contributed by atoms with van der Waals surface area (Å²) >= 11 is 6.19. The van der Waals surface area contributed by atoms with Crippen LogP contribution in [0.15, 0.2) is 5.16 Å². The van der Waals surface area contributed by atoms with Crippen molar-refractivity contribution in [2.24, 2.45) is 17.9 Å². The topological polar surface area (TPSA) is 79.7 Å². The van der Waals surface area contributed by atoms with E-state index >= 15 is 0 Å². The van der Waals surface area contributed by atoms with E-state index < -0.39 is 0 Å². The Morgan fingerprint density at radius 1 is 1.61 bits per heavy atom. The van der Waals surface area contributed by atoms with E-state index in [4.69, 9.17) is 22.5 Å². The predicted molar refractivity (Wildman–Crippen MR) is 71.9 cm³/mol. The SMILES string of the molecule is CCN(CCC(N)=NO)Cc1c(C)nn(C)c1Cl. The maximum absolute atomic E-state index is 8.51. The highest BCUT2D eigenvalue weighted by atomic mass is 35.5. The van der Waals surface area contributed by atoms with Crippen LogP contribution in [0.3, 0.4) is 0 Å². The summed E-state index contributed by atoms with van der Waals surface area (Å²) in [5, 5.41) is 16.4. The van der Waals surface area contributed by atoms with Crippen molar-refractivity contribution in [3.63, 3.8) is 0 Å². The number of amidine groups is 1. The van der Waals surface area contributed by atoms with Crippen LogP contribution in [0, 0.1) is 6.92 Å². The van der Waals surface area contributed by atoms with Gasteiger partial charge in [0.1, 0.15) is 11.0 Å². The number of halogens is 1. The number of rotatable bonds is 6. The summed E-state index contributed by atoms with van der Waals surface area (Å²) in [5.41, 5.74) is 7.43. The van der Waals surface area contributed by atoms with E-state index in [0.717, 1.165) is 24.3 Å². The molecule has 0 atom stereocenters. The number of oxime groups is 1. The van der Waals surface area contributed by atoms with Crippen LogP contribution in [-0.4, -0.2) is 38.8 Å². The summed E-state index contributed by atoms with van der Waals surface area (Å²) in [6.45, 7) is 6.30. The van der Waals surface area contributed by atoms with Gasteiger partial charge in [-0.05, 0) is 13.5 Å². The summed E-state index contributed by atoms with van der Waals surface area (Å²) in [7, 11) is 1.82. The number of aromatic nitrogens is 2. The summed E-state index contributed by atoms with van der Waals surface area (Å²) in [6, 6.07) is 0. The van der Waals surface area contributed by atoms with Gasteiger partial charge in [0.15, 0.2) is 0 Å². The Hall–Kier alpha value is -1.27. The molecule has 0 saturated carbocycles. The van der Waals surface area contributed by atoms with Gasteiger partial charge in [0.25, 0.3) is 0 Å². The van der Waals surface area contributed by atoms with Crippen LogP contribution in [0.5, 0.6) is 0 Å². The number of hydrogen-bond donors (Lipinski definition) is 2. The molecule has 18 heavy (non-hydrogen) atoms. The molecule has 0 radical (unpaired) electrons. The molecule has 7 heteroatoms. The van der Waals surface area contributed by atoms with Crippen molar-refractivity contribution in [3.8, 4) is 0 Å². The molecular weight excluding hydrogens is 254 g/mol. The number of nitrogens with two attached hydrogens (primary N) is 1. The molecule has 0 aliphatic heterocycles. The number of nitrogens with zero attached hydrogens (tertiary/aromatic N) is 4. The summed E-state index contributed by atoms with van der Waals surface area (Å²) in [5.74, 6) is 0.238. The Bertz CT molecular complexity index is 429. The van der Waals surface area contributed by atoms with Crippen LogP contribution in [0.4, 0.5) is 0 Å². The fraction of sp³-hybridized carbons (Fsp3) is 0.636. The van der Waals surface area contributed by atoms with E-state index in [9.17, 15) is 0 Å². The second-order valence-corrected chi connectivity index (χ2v) is 4.55. The molecule has 1 rings (SSSR count). The van der Waals surface area contributed by atoms with Crippen LogP contribution in [0.1, 0.15) is 24.6 Å². The van der Waals surface area contributed by atoms with Crippen LogP contribution in [0.25, 0.3) is 0 Å². The number of aryl methyl sites for hydroxylation is 2. The van der Waals surface area contributed by atoms with Gasteiger partial charge in [0.05, 0.1) is 5.69 Å². The van der Waals surface area contributed by atoms with Gasteiger partial charge in [-0.2, -0.15) is 5.10 Å². The lowest BCUT2D eigenvalue weighted by molar-refractivity contribution is 0.282. The normalized spacial score (nSPS) is 12.4. The van der Waals surface area contributed by atoms with Gasteiger partial charge < -0.3 is 10.9 Å². The fourth-order valence-electron chi connectivity index (χ4n) is 1.75. The largest absolute Gasteiger partial charge is 0.409 e. The fourth-order valence-corrected chi connectivity index (χ4v) is 1.98. The first-order valence-corrected chi connectivity index (χ1v) is 6.24. The molecule has 0 unspecified atom stereocenters. The van der Waals surface area contributed by atoms with Crippen molar-refractivity contribution in [2.45, 2.75) is 26.8 Å². The van der Waals surface area contributed by atoms with Crippen molar-refractivity contribution in [1.82, 2.24) is 14.7 Å². The van der Waals surface area contributed by atoms with Crippen molar-refractivity contribution < 1.29 is 5.21 Å². The predicted octanol–water partition coefficient (Wildman–Crippen LogP) is 1.34. The van der Waals surface area contributed by atoms with Gasteiger partial charge in [-0.3, -0.25) is 9.58 Å². The van der Waals surface area contributed by atoms with E-state index in [-0.39, 0.29) is 5.84 Å². The summed E-state index contributed by atoms with van der Waals surface area (Å²) in [4.78, 5) is 2.17. The maximum atomic E-state index is 8.51. The van der Waals surface area contributed by atoms with E-state index in [1.165, 1.54) is 0 Å². The van der Waals surface area contributed by atoms with Crippen molar-refractivity contribution in [3.05, 3.63) is 16.4 Å². The van der Waals surface area contributed by atoms with Gasteiger partial charge >= 0.3 is 0 Å². The first-order chi connectivity index (χ1) is 8.49. The molecule has 0 aliphatic rings. The minimum absolute atomic E-state index is 0.238. The quantitative estimate of drug-likeness (QED) is 0.355. The third-order valence-corrected chi connectivity index (χ3v) is 3.38. The van der Waals surface area contributed by atoms with Gasteiger partial charge in [-0.25, -0.2) is 0 Å². The van der Waals surface area contributed by atoms with Gasteiger partial charge in [0, 0.05) is 32.1 Å². The molecule has 0 bridgehead atoms. The lowest BCUT2D eigenvalue weighted by atomic mass is 10.2. The van der Waals surface area contributed by atoms with E-state index in [1.54, 1.807) is 4.68 Å². The Morgan fingerprint density at radius 2 is 2.28 bits per heavy atom. The van der Waals surface area contributed by atoms with Gasteiger partial charge in [-0.1, -0.05) is 23.7 Å². The molecular formula is C11H20ClN5O. The van der Waals surface area contributed by atoms with Gasteiger partial charge in [-0.15, -0.1) is 0 Å². The molecule has 1 aromatic rings. The second-order valence-electron chi connectivity index (χ2n) is 4.19. The second kappa shape index (κ2) is 6.61. The number of hydrogen-bond acceptors (Lipinski definition) is 4. The molecule has 102 valence electrons. The van der Waals surface area contributed by atoms with Gasteiger partial charge in [0.2, 0.25) is 0 Å². The molecule has 0 amide bonds. The van der Waals surface area contributed by atoms with Crippen LogP contribution in [-0.2, 0) is 13.6 Å².